The fourth-order valence-electron chi connectivity index (χ4n) is 3.08. The number of nitrogens with one attached hydrogen (secondary N) is 1. The van der Waals surface area contributed by atoms with Gasteiger partial charge in [0.2, 0.25) is 11.2 Å². The van der Waals surface area contributed by atoms with Crippen LogP contribution in [0.2, 0.25) is 0 Å². The Morgan fingerprint density at radius 1 is 1.50 bits per heavy atom. The summed E-state index contributed by atoms with van der Waals surface area (Å²) < 4.78 is 21.6. The quantitative estimate of drug-likeness (QED) is 0.227. The van der Waals surface area contributed by atoms with Crippen LogP contribution < -0.4 is 15.5 Å². The first kappa shape index (κ1) is 19.4. The first-order valence-corrected chi connectivity index (χ1v) is 8.52. The molecule has 0 spiro atoms. The molecule has 11 heteroatoms. The molecule has 0 atom stereocenters. The number of fused-ring (bicyclic) bond motifs is 1. The maximum absolute atomic E-state index is 14.7. The molecule has 1 saturated carbocycles. The summed E-state index contributed by atoms with van der Waals surface area (Å²) in [5.41, 5.74) is -0.895. The fourth-order valence-corrected chi connectivity index (χ4v) is 3.08. The summed E-state index contributed by atoms with van der Waals surface area (Å²) in [6, 6.07) is 0.938. The Morgan fingerprint density at radius 2 is 2.21 bits per heavy atom. The molecule has 0 amide bonds. The van der Waals surface area contributed by atoms with Gasteiger partial charge >= 0.3 is 0 Å². The normalized spacial score (nSPS) is 13.4. The Hall–Kier alpha value is -3.37. The van der Waals surface area contributed by atoms with Crippen LogP contribution in [0.3, 0.4) is 0 Å². The van der Waals surface area contributed by atoms with Crippen LogP contribution in [-0.4, -0.2) is 42.0 Å². The lowest BCUT2D eigenvalue weighted by atomic mass is 10.1. The minimum atomic E-state index is -1.02. The van der Waals surface area contributed by atoms with Gasteiger partial charge in [0.25, 0.3) is 6.54 Å². The number of methoxy groups -OCH3 is 1. The average molecular weight is 392 g/mol. The van der Waals surface area contributed by atoms with E-state index < -0.39 is 28.5 Å². The number of ketones is 1. The Bertz CT molecular complexity index is 1030. The van der Waals surface area contributed by atoms with Crippen molar-refractivity contribution >= 4 is 22.4 Å². The summed E-state index contributed by atoms with van der Waals surface area (Å²) >= 11 is 0. The first-order chi connectivity index (χ1) is 13.4. The van der Waals surface area contributed by atoms with Crippen LogP contribution in [-0.2, 0) is 0 Å². The number of nitro groups is 1. The van der Waals surface area contributed by atoms with Crippen LogP contribution >= 0.6 is 0 Å². The summed E-state index contributed by atoms with van der Waals surface area (Å²) in [6.45, 7) is -1.05. The molecule has 1 heterocycles. The van der Waals surface area contributed by atoms with Crippen molar-refractivity contribution in [3.05, 3.63) is 48.9 Å². The molecule has 0 radical (unpaired) electrons. The van der Waals surface area contributed by atoms with Crippen molar-refractivity contribution in [3.8, 4) is 5.75 Å². The summed E-state index contributed by atoms with van der Waals surface area (Å²) in [5, 5.41) is 16.0. The highest BCUT2D eigenvalue weighted by Gasteiger charge is 2.30. The first-order valence-electron chi connectivity index (χ1n) is 8.52. The number of nitrogens with zero attached hydrogens (tertiary/aromatic N) is 3. The number of benzene rings is 1. The highest BCUT2D eigenvalue weighted by atomic mass is 19.1. The Kier molecular flexibility index (Phi) is 5.34. The molecular weight excluding hydrogens is 375 g/mol. The lowest BCUT2D eigenvalue weighted by molar-refractivity contribution is -0.465. The fraction of sp³-hybridized carbons (Fsp3) is 0.412. The largest absolute Gasteiger partial charge is 0.492 e. The maximum atomic E-state index is 14.7. The molecule has 10 nitrogen and oxygen atoms in total. The third-order valence-electron chi connectivity index (χ3n) is 4.45. The molecule has 1 aliphatic carbocycles. The van der Waals surface area contributed by atoms with Gasteiger partial charge in [-0.15, -0.1) is 0 Å². The van der Waals surface area contributed by atoms with Gasteiger partial charge in [-0.3, -0.25) is 19.7 Å². The van der Waals surface area contributed by atoms with E-state index >= 15 is 0 Å². The Labute approximate surface area is 157 Å². The third-order valence-corrected chi connectivity index (χ3v) is 4.45. The summed E-state index contributed by atoms with van der Waals surface area (Å²) in [4.78, 5) is 45.1. The number of halogens is 1. The number of nitroso groups, excluding NO2 is 1. The molecule has 148 valence electrons. The molecule has 1 aliphatic rings. The minimum Gasteiger partial charge on any atom is -0.492 e. The summed E-state index contributed by atoms with van der Waals surface area (Å²) in [7, 11) is 1.31. The molecule has 0 bridgehead atoms. The molecule has 3 rings (SSSR count). The number of hydrogen-bond donors (Lipinski definition) is 1. The molecular formula is C17H17FN4O6. The van der Waals surface area contributed by atoms with E-state index in [0.29, 0.717) is 0 Å². The highest BCUT2D eigenvalue weighted by Crippen LogP contribution is 2.42. The average Bonchev–Trinajstić information content (AvgIpc) is 3.47. The van der Waals surface area contributed by atoms with E-state index in [-0.39, 0.29) is 47.0 Å². The van der Waals surface area contributed by atoms with Crippen molar-refractivity contribution in [3.63, 3.8) is 0 Å². The highest BCUT2D eigenvalue weighted by molar-refractivity contribution is 6.01. The number of pyridine rings is 1. The van der Waals surface area contributed by atoms with Gasteiger partial charge in [-0.05, 0) is 18.9 Å². The van der Waals surface area contributed by atoms with Crippen molar-refractivity contribution in [2.45, 2.75) is 18.9 Å². The van der Waals surface area contributed by atoms with Crippen molar-refractivity contribution in [2.24, 2.45) is 5.18 Å². The van der Waals surface area contributed by atoms with Gasteiger partial charge in [-0.2, -0.15) is 4.91 Å². The number of hydrogen-bond acceptors (Lipinski definition) is 8. The number of carbonyl (C=O) groups is 1. The van der Waals surface area contributed by atoms with E-state index in [0.717, 1.165) is 18.9 Å². The van der Waals surface area contributed by atoms with Gasteiger partial charge in [-0.25, -0.2) is 4.39 Å². The lowest BCUT2D eigenvalue weighted by Crippen LogP contribution is -2.24. The van der Waals surface area contributed by atoms with Crippen molar-refractivity contribution < 1.29 is 18.8 Å². The smallest absolute Gasteiger partial charge is 0.266 e. The lowest BCUT2D eigenvalue weighted by Gasteiger charge is -2.18. The zero-order chi connectivity index (χ0) is 20.4. The molecule has 0 unspecified atom stereocenters. The number of carbonyl (C=O) groups excluding carboxylic acids is 1. The summed E-state index contributed by atoms with van der Waals surface area (Å²) in [5.74, 6) is -1.70. The number of Topliss-reactive ketones (excluding diaryl/α,β-unsaturated/α-hetero) is 1. The zero-order valence-electron chi connectivity index (χ0n) is 14.9. The third kappa shape index (κ3) is 3.55. The van der Waals surface area contributed by atoms with Crippen LogP contribution in [0.1, 0.15) is 29.2 Å². The predicted molar refractivity (Wildman–Crippen MR) is 98.3 cm³/mol. The molecule has 1 N–H and O–H groups in total. The second-order valence-corrected chi connectivity index (χ2v) is 6.37. The van der Waals surface area contributed by atoms with Crippen molar-refractivity contribution in [2.75, 3.05) is 32.1 Å². The van der Waals surface area contributed by atoms with E-state index in [1.165, 1.54) is 13.3 Å². The van der Waals surface area contributed by atoms with Crippen LogP contribution in [0, 0.1) is 20.8 Å². The van der Waals surface area contributed by atoms with Gasteiger partial charge in [0.15, 0.2) is 11.6 Å². The molecule has 28 heavy (non-hydrogen) atoms. The zero-order valence-corrected chi connectivity index (χ0v) is 14.9. The van der Waals surface area contributed by atoms with Gasteiger partial charge < -0.3 is 14.6 Å². The predicted octanol–water partition coefficient (Wildman–Crippen LogP) is 2.12. The monoisotopic (exact) mass is 392 g/mol. The number of aromatic nitrogens is 1. The number of anilines is 1. The molecule has 2 aromatic rings. The number of rotatable bonds is 9. The van der Waals surface area contributed by atoms with E-state index in [9.17, 15) is 29.0 Å². The molecule has 0 aliphatic heterocycles. The van der Waals surface area contributed by atoms with Crippen LogP contribution in [0.4, 0.5) is 10.1 Å². The van der Waals surface area contributed by atoms with Gasteiger partial charge in [0.05, 0.1) is 30.1 Å². The Balaban J connectivity index is 2.27. The van der Waals surface area contributed by atoms with E-state index in [2.05, 4.69) is 10.5 Å². The maximum Gasteiger partial charge on any atom is 0.266 e. The molecule has 0 saturated heterocycles. The molecule has 1 aromatic heterocycles. The van der Waals surface area contributed by atoms with Crippen molar-refractivity contribution in [1.82, 2.24) is 4.57 Å². The Morgan fingerprint density at radius 3 is 2.79 bits per heavy atom. The topological polar surface area (TPSA) is 133 Å². The van der Waals surface area contributed by atoms with Gasteiger partial charge in [0, 0.05) is 23.7 Å². The molecule has 1 aromatic carbocycles. The minimum absolute atomic E-state index is 0.0307. The molecule has 1 fully saturated rings. The van der Waals surface area contributed by atoms with Crippen LogP contribution in [0.25, 0.3) is 10.9 Å². The van der Waals surface area contributed by atoms with E-state index in [1.54, 1.807) is 4.57 Å². The SMILES string of the molecule is COc1c(NCCN=O)c(F)cc2c(=O)c(C(=O)C[N+](=O)[O-])cn(C3CC3)c12. The standard InChI is InChI=1S/C17H17FN4O6/c1-28-17-14(19-4-5-20-25)12(18)6-10-15(17)21(9-2-3-9)7-11(16(10)24)13(23)8-22(26)27/h6-7,9,19H,2-5,8H2,1H3. The second-order valence-electron chi connectivity index (χ2n) is 6.37. The second kappa shape index (κ2) is 7.71. The van der Waals surface area contributed by atoms with Gasteiger partial charge in [-0.1, -0.05) is 5.18 Å². The van der Waals surface area contributed by atoms with E-state index in [1.807, 2.05) is 0 Å². The summed E-state index contributed by atoms with van der Waals surface area (Å²) in [6.07, 6.45) is 2.84. The van der Waals surface area contributed by atoms with Gasteiger partial charge in [0.1, 0.15) is 5.69 Å². The number of ether oxygens (including phenoxy) is 1. The van der Waals surface area contributed by atoms with E-state index in [4.69, 9.17) is 4.74 Å². The van der Waals surface area contributed by atoms with Crippen LogP contribution in [0.5, 0.6) is 5.75 Å². The van der Waals surface area contributed by atoms with Crippen LogP contribution in [0.15, 0.2) is 22.2 Å². The van der Waals surface area contributed by atoms with Crippen molar-refractivity contribution in [1.29, 1.82) is 0 Å².